The molecule has 2 heterocycles. The predicted octanol–water partition coefficient (Wildman–Crippen LogP) is 3.12. The molecule has 0 aromatic carbocycles. The average molecular weight is 277 g/mol. The first-order valence-corrected chi connectivity index (χ1v) is 7.79. The van der Waals surface area contributed by atoms with Gasteiger partial charge in [0.05, 0.1) is 12.8 Å². The SMILES string of the molecule is O=C([C@@H]1CCCO1)N(Cc1ccco1)C1CCCCC1. The topological polar surface area (TPSA) is 42.7 Å². The summed E-state index contributed by atoms with van der Waals surface area (Å²) in [5.74, 6) is 1.02. The monoisotopic (exact) mass is 277 g/mol. The molecule has 110 valence electrons. The number of nitrogens with zero attached hydrogens (tertiary/aromatic N) is 1. The third-order valence-electron chi connectivity index (χ3n) is 4.41. The van der Waals surface area contributed by atoms with Crippen molar-refractivity contribution in [1.82, 2.24) is 4.90 Å². The molecule has 0 N–H and O–H groups in total. The van der Waals surface area contributed by atoms with E-state index in [0.717, 1.165) is 38.1 Å². The van der Waals surface area contributed by atoms with Crippen molar-refractivity contribution in [3.63, 3.8) is 0 Å². The number of ether oxygens (including phenoxy) is 1. The van der Waals surface area contributed by atoms with Crippen molar-refractivity contribution in [2.45, 2.75) is 63.6 Å². The van der Waals surface area contributed by atoms with Gasteiger partial charge in [-0.3, -0.25) is 4.79 Å². The summed E-state index contributed by atoms with van der Waals surface area (Å²) in [4.78, 5) is 14.7. The second kappa shape index (κ2) is 6.44. The molecular formula is C16H23NO3. The van der Waals surface area contributed by atoms with Crippen LogP contribution in [-0.2, 0) is 16.1 Å². The normalized spacial score (nSPS) is 23.9. The molecule has 20 heavy (non-hydrogen) atoms. The standard InChI is InChI=1S/C16H23NO3/c18-16(15-9-5-11-20-15)17(12-14-8-4-10-19-14)13-6-2-1-3-7-13/h4,8,10,13,15H,1-3,5-7,9,11-12H2/t15-/m0/s1. The fourth-order valence-corrected chi connectivity index (χ4v) is 3.31. The molecule has 1 saturated carbocycles. The zero-order chi connectivity index (χ0) is 13.8. The lowest BCUT2D eigenvalue weighted by molar-refractivity contribution is -0.145. The maximum absolute atomic E-state index is 12.7. The fraction of sp³-hybridized carbons (Fsp3) is 0.688. The van der Waals surface area contributed by atoms with Gasteiger partial charge in [-0.2, -0.15) is 0 Å². The first-order valence-electron chi connectivity index (χ1n) is 7.79. The maximum atomic E-state index is 12.7. The van der Waals surface area contributed by atoms with Crippen LogP contribution in [0.15, 0.2) is 22.8 Å². The van der Waals surface area contributed by atoms with Gasteiger partial charge in [-0.25, -0.2) is 0 Å². The molecule has 4 nitrogen and oxygen atoms in total. The molecule has 0 unspecified atom stereocenters. The van der Waals surface area contributed by atoms with Crippen molar-refractivity contribution in [2.24, 2.45) is 0 Å². The first kappa shape index (κ1) is 13.7. The van der Waals surface area contributed by atoms with Crippen LogP contribution in [0.4, 0.5) is 0 Å². The van der Waals surface area contributed by atoms with E-state index in [1.807, 2.05) is 17.0 Å². The van der Waals surface area contributed by atoms with Gasteiger partial charge in [-0.15, -0.1) is 0 Å². The van der Waals surface area contributed by atoms with Crippen molar-refractivity contribution >= 4 is 5.91 Å². The molecule has 2 aliphatic rings. The quantitative estimate of drug-likeness (QED) is 0.849. The highest BCUT2D eigenvalue weighted by Gasteiger charge is 2.33. The van der Waals surface area contributed by atoms with E-state index in [4.69, 9.17) is 9.15 Å². The summed E-state index contributed by atoms with van der Waals surface area (Å²) in [5.41, 5.74) is 0. The first-order chi connectivity index (χ1) is 9.84. The van der Waals surface area contributed by atoms with Crippen LogP contribution in [-0.4, -0.2) is 29.6 Å². The Hall–Kier alpha value is -1.29. The summed E-state index contributed by atoms with van der Waals surface area (Å²) in [6.45, 7) is 1.30. The highest BCUT2D eigenvalue weighted by molar-refractivity contribution is 5.81. The van der Waals surface area contributed by atoms with E-state index in [0.29, 0.717) is 12.6 Å². The van der Waals surface area contributed by atoms with E-state index in [2.05, 4.69) is 0 Å². The molecule has 1 saturated heterocycles. The average Bonchev–Trinajstić information content (AvgIpc) is 3.18. The van der Waals surface area contributed by atoms with Crippen LogP contribution in [0, 0.1) is 0 Å². The Kier molecular flexibility index (Phi) is 4.41. The van der Waals surface area contributed by atoms with Gasteiger partial charge < -0.3 is 14.1 Å². The van der Waals surface area contributed by atoms with Gasteiger partial charge in [0.1, 0.15) is 11.9 Å². The molecule has 0 radical (unpaired) electrons. The van der Waals surface area contributed by atoms with Crippen LogP contribution in [0.25, 0.3) is 0 Å². The van der Waals surface area contributed by atoms with Crippen LogP contribution in [0.5, 0.6) is 0 Å². The molecule has 1 aliphatic carbocycles. The zero-order valence-electron chi connectivity index (χ0n) is 11.9. The van der Waals surface area contributed by atoms with E-state index in [9.17, 15) is 4.79 Å². The minimum atomic E-state index is -0.230. The molecule has 2 fully saturated rings. The van der Waals surface area contributed by atoms with Gasteiger partial charge in [0.15, 0.2) is 0 Å². The van der Waals surface area contributed by atoms with Crippen LogP contribution in [0.3, 0.4) is 0 Å². The molecule has 1 atom stereocenters. The summed E-state index contributed by atoms with van der Waals surface area (Å²) in [6.07, 6.45) is 9.25. The van der Waals surface area contributed by atoms with Gasteiger partial charge in [0.25, 0.3) is 5.91 Å². The molecule has 0 bridgehead atoms. The number of hydrogen-bond donors (Lipinski definition) is 0. The molecule has 3 rings (SSSR count). The van der Waals surface area contributed by atoms with Crippen molar-refractivity contribution in [3.8, 4) is 0 Å². The summed E-state index contributed by atoms with van der Waals surface area (Å²) in [5, 5.41) is 0. The number of amides is 1. The van der Waals surface area contributed by atoms with Crippen LogP contribution in [0.1, 0.15) is 50.7 Å². The van der Waals surface area contributed by atoms with Crippen molar-refractivity contribution in [1.29, 1.82) is 0 Å². The van der Waals surface area contributed by atoms with Crippen molar-refractivity contribution in [2.75, 3.05) is 6.61 Å². The molecule has 1 aromatic rings. The Morgan fingerprint density at radius 3 is 2.70 bits per heavy atom. The van der Waals surface area contributed by atoms with E-state index in [-0.39, 0.29) is 12.0 Å². The van der Waals surface area contributed by atoms with Gasteiger partial charge in [0, 0.05) is 12.6 Å². The van der Waals surface area contributed by atoms with Crippen LogP contribution >= 0.6 is 0 Å². The number of hydrogen-bond acceptors (Lipinski definition) is 3. The van der Waals surface area contributed by atoms with Crippen molar-refractivity contribution in [3.05, 3.63) is 24.2 Å². The van der Waals surface area contributed by atoms with Gasteiger partial charge in [-0.05, 0) is 37.8 Å². The highest BCUT2D eigenvalue weighted by Crippen LogP contribution is 2.26. The highest BCUT2D eigenvalue weighted by atomic mass is 16.5. The minimum absolute atomic E-state index is 0.158. The summed E-state index contributed by atoms with van der Waals surface area (Å²) >= 11 is 0. The third kappa shape index (κ3) is 3.06. The Morgan fingerprint density at radius 1 is 1.20 bits per heavy atom. The number of furan rings is 1. The smallest absolute Gasteiger partial charge is 0.252 e. The molecule has 4 heteroatoms. The van der Waals surface area contributed by atoms with Gasteiger partial charge in [0.2, 0.25) is 0 Å². The summed E-state index contributed by atoms with van der Waals surface area (Å²) < 4.78 is 11.0. The van der Waals surface area contributed by atoms with Gasteiger partial charge >= 0.3 is 0 Å². The Bertz CT molecular complexity index is 417. The van der Waals surface area contributed by atoms with Crippen LogP contribution in [0.2, 0.25) is 0 Å². The van der Waals surface area contributed by atoms with Crippen LogP contribution < -0.4 is 0 Å². The lowest BCUT2D eigenvalue weighted by Gasteiger charge is -2.35. The molecule has 1 amide bonds. The fourth-order valence-electron chi connectivity index (χ4n) is 3.31. The van der Waals surface area contributed by atoms with E-state index < -0.39 is 0 Å². The molecule has 1 aromatic heterocycles. The lowest BCUT2D eigenvalue weighted by atomic mass is 9.93. The second-order valence-corrected chi connectivity index (χ2v) is 5.84. The molecule has 0 spiro atoms. The van der Waals surface area contributed by atoms with Gasteiger partial charge in [-0.1, -0.05) is 19.3 Å². The summed E-state index contributed by atoms with van der Waals surface area (Å²) in [6, 6.07) is 4.18. The Morgan fingerprint density at radius 2 is 2.05 bits per heavy atom. The second-order valence-electron chi connectivity index (χ2n) is 5.84. The van der Waals surface area contributed by atoms with Crippen molar-refractivity contribution < 1.29 is 13.9 Å². The largest absolute Gasteiger partial charge is 0.467 e. The predicted molar refractivity (Wildman–Crippen MR) is 75.1 cm³/mol. The summed E-state index contributed by atoms with van der Waals surface area (Å²) in [7, 11) is 0. The Labute approximate surface area is 120 Å². The number of rotatable bonds is 4. The third-order valence-corrected chi connectivity index (χ3v) is 4.41. The van der Waals surface area contributed by atoms with E-state index in [1.54, 1.807) is 6.26 Å². The maximum Gasteiger partial charge on any atom is 0.252 e. The minimum Gasteiger partial charge on any atom is -0.467 e. The number of carbonyl (C=O) groups excluding carboxylic acids is 1. The lowest BCUT2D eigenvalue weighted by Crippen LogP contribution is -2.45. The van der Waals surface area contributed by atoms with E-state index in [1.165, 1.54) is 19.3 Å². The molecule has 1 aliphatic heterocycles. The Balaban J connectivity index is 1.72. The molecular weight excluding hydrogens is 254 g/mol. The number of carbonyl (C=O) groups is 1. The van der Waals surface area contributed by atoms with E-state index >= 15 is 0 Å². The zero-order valence-corrected chi connectivity index (χ0v) is 11.9.